The summed E-state index contributed by atoms with van der Waals surface area (Å²) in [7, 11) is 0. The summed E-state index contributed by atoms with van der Waals surface area (Å²) in [5, 5.41) is 0.744. The molecule has 1 rings (SSSR count). The number of carbonyl (C=O) groups is 1. The molecule has 0 radical (unpaired) electrons. The highest BCUT2D eigenvalue weighted by molar-refractivity contribution is 7.99. The van der Waals surface area contributed by atoms with Gasteiger partial charge in [-0.2, -0.15) is 0 Å². The smallest absolute Gasteiger partial charge is 0.306 e. The fourth-order valence-corrected chi connectivity index (χ4v) is 2.31. The number of ether oxygens (including phenoxy) is 1. The van der Waals surface area contributed by atoms with Crippen LogP contribution in [0.15, 0.2) is 29.2 Å². The van der Waals surface area contributed by atoms with Gasteiger partial charge >= 0.3 is 5.97 Å². The number of rotatable bonds is 5. The highest BCUT2D eigenvalue weighted by Gasteiger charge is 2.15. The monoisotopic (exact) mass is 286 g/mol. The van der Waals surface area contributed by atoms with E-state index in [9.17, 15) is 4.79 Å². The summed E-state index contributed by atoms with van der Waals surface area (Å²) in [5.41, 5.74) is -0.388. The van der Waals surface area contributed by atoms with Crippen LogP contribution in [0.2, 0.25) is 5.02 Å². The number of halogens is 1. The molecule has 1 aromatic rings. The summed E-state index contributed by atoms with van der Waals surface area (Å²) in [6.07, 6.45) is 1.29. The maximum atomic E-state index is 11.5. The summed E-state index contributed by atoms with van der Waals surface area (Å²) >= 11 is 7.53. The lowest BCUT2D eigenvalue weighted by atomic mass is 10.2. The maximum Gasteiger partial charge on any atom is 0.306 e. The van der Waals surface area contributed by atoms with Crippen molar-refractivity contribution in [2.75, 3.05) is 5.75 Å². The van der Waals surface area contributed by atoms with Crippen LogP contribution in [0.3, 0.4) is 0 Å². The molecule has 0 saturated carbocycles. The lowest BCUT2D eigenvalue weighted by Gasteiger charge is -2.19. The molecule has 0 aliphatic heterocycles. The molecule has 0 bridgehead atoms. The van der Waals surface area contributed by atoms with Crippen LogP contribution in [0.25, 0.3) is 0 Å². The van der Waals surface area contributed by atoms with Crippen molar-refractivity contribution in [1.82, 2.24) is 0 Å². The van der Waals surface area contributed by atoms with E-state index in [1.165, 1.54) is 4.90 Å². The SMILES string of the molecule is CC(C)(C)OC(=O)CCCSc1ccc(Cl)cc1. The fraction of sp³-hybridized carbons (Fsp3) is 0.500. The van der Waals surface area contributed by atoms with Gasteiger partial charge in [-0.3, -0.25) is 4.79 Å². The zero-order valence-electron chi connectivity index (χ0n) is 11.0. The van der Waals surface area contributed by atoms with Gasteiger partial charge in [-0.05, 0) is 57.2 Å². The Hall–Kier alpha value is -0.670. The fourth-order valence-electron chi connectivity index (χ4n) is 1.33. The van der Waals surface area contributed by atoms with E-state index in [1.54, 1.807) is 11.8 Å². The van der Waals surface area contributed by atoms with E-state index < -0.39 is 0 Å². The average Bonchev–Trinajstić information content (AvgIpc) is 2.24. The number of esters is 1. The Balaban J connectivity index is 2.19. The summed E-state index contributed by atoms with van der Waals surface area (Å²) in [5.74, 6) is 0.778. The van der Waals surface area contributed by atoms with Gasteiger partial charge in [0.15, 0.2) is 0 Å². The largest absolute Gasteiger partial charge is 0.460 e. The second-order valence-electron chi connectivity index (χ2n) is 4.99. The molecule has 0 fully saturated rings. The molecular formula is C14H19ClO2S. The minimum absolute atomic E-state index is 0.126. The van der Waals surface area contributed by atoms with Crippen molar-refractivity contribution in [3.05, 3.63) is 29.3 Å². The molecule has 100 valence electrons. The Labute approximate surface area is 118 Å². The molecule has 1 aromatic carbocycles. The number of hydrogen-bond acceptors (Lipinski definition) is 3. The molecule has 0 heterocycles. The molecular weight excluding hydrogens is 268 g/mol. The summed E-state index contributed by atoms with van der Waals surface area (Å²) in [4.78, 5) is 12.6. The van der Waals surface area contributed by atoms with Crippen LogP contribution in [0.1, 0.15) is 33.6 Å². The number of benzene rings is 1. The van der Waals surface area contributed by atoms with E-state index in [2.05, 4.69) is 0 Å². The first-order valence-corrected chi connectivity index (χ1v) is 7.33. The van der Waals surface area contributed by atoms with Crippen molar-refractivity contribution in [1.29, 1.82) is 0 Å². The van der Waals surface area contributed by atoms with E-state index in [1.807, 2.05) is 45.0 Å². The van der Waals surface area contributed by atoms with Gasteiger partial charge in [0.25, 0.3) is 0 Å². The highest BCUT2D eigenvalue weighted by Crippen LogP contribution is 2.21. The van der Waals surface area contributed by atoms with Gasteiger partial charge in [0.1, 0.15) is 5.60 Å². The van der Waals surface area contributed by atoms with E-state index >= 15 is 0 Å². The third kappa shape index (κ3) is 6.92. The van der Waals surface area contributed by atoms with Crippen LogP contribution in [-0.4, -0.2) is 17.3 Å². The minimum Gasteiger partial charge on any atom is -0.460 e. The topological polar surface area (TPSA) is 26.3 Å². The Morgan fingerprint density at radius 3 is 2.44 bits per heavy atom. The number of thioether (sulfide) groups is 1. The zero-order chi connectivity index (χ0) is 13.6. The molecule has 18 heavy (non-hydrogen) atoms. The second-order valence-corrected chi connectivity index (χ2v) is 6.60. The van der Waals surface area contributed by atoms with E-state index in [0.29, 0.717) is 6.42 Å². The summed E-state index contributed by atoms with van der Waals surface area (Å²) < 4.78 is 5.24. The van der Waals surface area contributed by atoms with E-state index in [4.69, 9.17) is 16.3 Å². The molecule has 0 N–H and O–H groups in total. The summed E-state index contributed by atoms with van der Waals surface area (Å²) in [6, 6.07) is 7.72. The molecule has 0 aliphatic rings. The molecule has 0 atom stereocenters. The van der Waals surface area contributed by atoms with Crippen molar-refractivity contribution < 1.29 is 9.53 Å². The Morgan fingerprint density at radius 1 is 1.28 bits per heavy atom. The number of hydrogen-bond donors (Lipinski definition) is 0. The van der Waals surface area contributed by atoms with Crippen molar-refractivity contribution in [3.8, 4) is 0 Å². The maximum absolute atomic E-state index is 11.5. The molecule has 2 nitrogen and oxygen atoms in total. The zero-order valence-corrected chi connectivity index (χ0v) is 12.6. The first kappa shape index (κ1) is 15.4. The Morgan fingerprint density at radius 2 is 1.89 bits per heavy atom. The molecule has 0 amide bonds. The van der Waals surface area contributed by atoms with Gasteiger partial charge in [-0.15, -0.1) is 11.8 Å². The van der Waals surface area contributed by atoms with Crippen LogP contribution in [0.5, 0.6) is 0 Å². The summed E-state index contributed by atoms with van der Waals surface area (Å²) in [6.45, 7) is 5.65. The normalized spacial score (nSPS) is 11.3. The predicted octanol–water partition coefficient (Wildman–Crippen LogP) is 4.55. The van der Waals surface area contributed by atoms with Gasteiger partial charge in [0.2, 0.25) is 0 Å². The van der Waals surface area contributed by atoms with Crippen LogP contribution >= 0.6 is 23.4 Å². The third-order valence-corrected chi connectivity index (χ3v) is 3.38. The van der Waals surface area contributed by atoms with Gasteiger partial charge in [-0.1, -0.05) is 11.6 Å². The van der Waals surface area contributed by atoms with Gasteiger partial charge in [0, 0.05) is 16.3 Å². The van der Waals surface area contributed by atoms with E-state index in [-0.39, 0.29) is 11.6 Å². The van der Waals surface area contributed by atoms with Crippen LogP contribution < -0.4 is 0 Å². The van der Waals surface area contributed by atoms with Crippen molar-refractivity contribution in [2.45, 2.75) is 44.1 Å². The molecule has 0 saturated heterocycles. The number of carbonyl (C=O) groups excluding carboxylic acids is 1. The lowest BCUT2D eigenvalue weighted by molar-refractivity contribution is -0.154. The molecule has 0 spiro atoms. The molecule has 0 aromatic heterocycles. The molecule has 0 aliphatic carbocycles. The molecule has 4 heteroatoms. The standard InChI is InChI=1S/C14H19ClO2S/c1-14(2,3)17-13(16)5-4-10-18-12-8-6-11(15)7-9-12/h6-9H,4-5,10H2,1-3H3. The van der Waals surface area contributed by atoms with Crippen LogP contribution in [-0.2, 0) is 9.53 Å². The molecule has 0 unspecified atom stereocenters. The minimum atomic E-state index is -0.388. The first-order chi connectivity index (χ1) is 8.37. The quantitative estimate of drug-likeness (QED) is 0.451. The van der Waals surface area contributed by atoms with Gasteiger partial charge in [-0.25, -0.2) is 0 Å². The van der Waals surface area contributed by atoms with Gasteiger partial charge in [0.05, 0.1) is 0 Å². The highest BCUT2D eigenvalue weighted by atomic mass is 35.5. The Bertz CT molecular complexity index is 382. The van der Waals surface area contributed by atoms with Crippen molar-refractivity contribution in [2.24, 2.45) is 0 Å². The van der Waals surface area contributed by atoms with Crippen LogP contribution in [0.4, 0.5) is 0 Å². The second kappa shape index (κ2) is 7.05. The average molecular weight is 287 g/mol. The van der Waals surface area contributed by atoms with Crippen LogP contribution in [0, 0.1) is 0 Å². The Kier molecular flexibility index (Phi) is 6.03. The van der Waals surface area contributed by atoms with E-state index in [0.717, 1.165) is 17.2 Å². The van der Waals surface area contributed by atoms with Crippen molar-refractivity contribution >= 4 is 29.3 Å². The predicted molar refractivity (Wildman–Crippen MR) is 77.3 cm³/mol. The van der Waals surface area contributed by atoms with Gasteiger partial charge < -0.3 is 4.74 Å². The lowest BCUT2D eigenvalue weighted by Crippen LogP contribution is -2.23. The third-order valence-electron chi connectivity index (χ3n) is 2.03. The first-order valence-electron chi connectivity index (χ1n) is 5.97. The van der Waals surface area contributed by atoms with Crippen molar-refractivity contribution in [3.63, 3.8) is 0 Å².